The Morgan fingerprint density at radius 3 is 2.64 bits per heavy atom. The summed E-state index contributed by atoms with van der Waals surface area (Å²) in [6.45, 7) is 4.44. The summed E-state index contributed by atoms with van der Waals surface area (Å²) in [6, 6.07) is 17.4. The molecule has 6 nitrogen and oxygen atoms in total. The summed E-state index contributed by atoms with van der Waals surface area (Å²) >= 11 is 1.34. The summed E-state index contributed by atoms with van der Waals surface area (Å²) in [5.41, 5.74) is 1.84. The number of aromatic amines is 1. The first-order chi connectivity index (χ1) is 13.6. The zero-order chi connectivity index (χ0) is 19.8. The van der Waals surface area contributed by atoms with Gasteiger partial charge in [0, 0.05) is 12.1 Å². The Kier molecular flexibility index (Phi) is 7.08. The summed E-state index contributed by atoms with van der Waals surface area (Å²) in [4.78, 5) is 16.8. The fourth-order valence-electron chi connectivity index (χ4n) is 2.51. The van der Waals surface area contributed by atoms with E-state index < -0.39 is 0 Å². The molecule has 7 heteroatoms. The third-order valence-electron chi connectivity index (χ3n) is 4.02. The van der Waals surface area contributed by atoms with Gasteiger partial charge in [0.25, 0.3) is 0 Å². The van der Waals surface area contributed by atoms with Crippen molar-refractivity contribution in [3.8, 4) is 5.75 Å². The fourth-order valence-corrected chi connectivity index (χ4v) is 3.25. The number of carbonyl (C=O) groups is 1. The van der Waals surface area contributed by atoms with Gasteiger partial charge in [0.1, 0.15) is 18.2 Å². The van der Waals surface area contributed by atoms with Crippen LogP contribution >= 0.6 is 11.8 Å². The molecule has 0 bridgehead atoms. The van der Waals surface area contributed by atoms with Crippen molar-refractivity contribution in [2.75, 3.05) is 5.32 Å². The standard InChI is InChI=1S/C21H24N4O2S/c1-3-7-19-23-21(25-24-19)28-15(2)20(26)22-17-10-12-18(13-11-17)27-14-16-8-5-4-6-9-16/h4-6,8-13,15H,3,7,14H2,1-2H3,(H,22,26)(H,23,24,25)/t15-/m1/s1. The molecule has 1 atom stereocenters. The summed E-state index contributed by atoms with van der Waals surface area (Å²) in [5, 5.41) is 10.3. The molecule has 1 aromatic heterocycles. The molecule has 2 aromatic carbocycles. The number of amides is 1. The zero-order valence-corrected chi connectivity index (χ0v) is 16.8. The Bertz CT molecular complexity index is 881. The molecule has 0 unspecified atom stereocenters. The van der Waals surface area contributed by atoms with Gasteiger partial charge in [0.15, 0.2) is 0 Å². The van der Waals surface area contributed by atoms with Crippen LogP contribution in [0.2, 0.25) is 0 Å². The Morgan fingerprint density at radius 1 is 1.18 bits per heavy atom. The monoisotopic (exact) mass is 396 g/mol. The highest BCUT2D eigenvalue weighted by Gasteiger charge is 2.17. The van der Waals surface area contributed by atoms with Gasteiger partial charge in [0.05, 0.1) is 5.25 Å². The number of aryl methyl sites for hydroxylation is 1. The second kappa shape index (κ2) is 9.94. The molecule has 1 heterocycles. The number of hydrogen-bond donors (Lipinski definition) is 2. The van der Waals surface area contributed by atoms with E-state index in [1.807, 2.05) is 61.5 Å². The summed E-state index contributed by atoms with van der Waals surface area (Å²) in [6.07, 6.45) is 1.85. The number of nitrogens with one attached hydrogen (secondary N) is 2. The van der Waals surface area contributed by atoms with Gasteiger partial charge in [-0.3, -0.25) is 9.89 Å². The maximum atomic E-state index is 12.4. The first-order valence-electron chi connectivity index (χ1n) is 9.29. The number of hydrogen-bond acceptors (Lipinski definition) is 5. The van der Waals surface area contributed by atoms with E-state index in [1.165, 1.54) is 11.8 Å². The van der Waals surface area contributed by atoms with Gasteiger partial charge in [-0.05, 0) is 43.2 Å². The van der Waals surface area contributed by atoms with Crippen molar-refractivity contribution in [1.82, 2.24) is 15.2 Å². The van der Waals surface area contributed by atoms with Crippen molar-refractivity contribution >= 4 is 23.4 Å². The van der Waals surface area contributed by atoms with Gasteiger partial charge >= 0.3 is 0 Å². The minimum absolute atomic E-state index is 0.0928. The van der Waals surface area contributed by atoms with Gasteiger partial charge in [-0.2, -0.15) is 0 Å². The first kappa shape index (κ1) is 19.9. The van der Waals surface area contributed by atoms with Crippen molar-refractivity contribution < 1.29 is 9.53 Å². The van der Waals surface area contributed by atoms with Crippen LogP contribution in [0.1, 0.15) is 31.7 Å². The lowest BCUT2D eigenvalue weighted by Gasteiger charge is -2.11. The largest absolute Gasteiger partial charge is 0.489 e. The lowest BCUT2D eigenvalue weighted by molar-refractivity contribution is -0.115. The van der Waals surface area contributed by atoms with E-state index >= 15 is 0 Å². The normalized spacial score (nSPS) is 11.8. The Balaban J connectivity index is 1.49. The molecule has 0 spiro atoms. The summed E-state index contributed by atoms with van der Waals surface area (Å²) in [5.74, 6) is 1.52. The maximum absolute atomic E-state index is 12.4. The number of carbonyl (C=O) groups excluding carboxylic acids is 1. The van der Waals surface area contributed by atoms with Gasteiger partial charge in [0.2, 0.25) is 11.1 Å². The number of ether oxygens (including phenoxy) is 1. The molecule has 0 saturated carbocycles. The molecule has 2 N–H and O–H groups in total. The average Bonchev–Trinajstić information content (AvgIpc) is 3.15. The molecule has 28 heavy (non-hydrogen) atoms. The molecule has 0 aliphatic heterocycles. The van der Waals surface area contributed by atoms with Crippen LogP contribution in [-0.2, 0) is 17.8 Å². The van der Waals surface area contributed by atoms with Crippen LogP contribution in [0.3, 0.4) is 0 Å². The Morgan fingerprint density at radius 2 is 1.93 bits per heavy atom. The quantitative estimate of drug-likeness (QED) is 0.522. The van der Waals surface area contributed by atoms with E-state index in [-0.39, 0.29) is 11.2 Å². The van der Waals surface area contributed by atoms with Crippen LogP contribution < -0.4 is 10.1 Å². The molecular formula is C21H24N4O2S. The molecule has 3 rings (SSSR count). The summed E-state index contributed by atoms with van der Waals surface area (Å²) in [7, 11) is 0. The molecule has 0 radical (unpaired) electrons. The maximum Gasteiger partial charge on any atom is 0.237 e. The van der Waals surface area contributed by atoms with Crippen LogP contribution in [0, 0.1) is 0 Å². The molecule has 1 amide bonds. The molecule has 146 valence electrons. The number of benzene rings is 2. The van der Waals surface area contributed by atoms with E-state index in [1.54, 1.807) is 0 Å². The van der Waals surface area contributed by atoms with E-state index in [9.17, 15) is 4.79 Å². The highest BCUT2D eigenvalue weighted by atomic mass is 32.2. The van der Waals surface area contributed by atoms with Crippen molar-refractivity contribution in [2.45, 2.75) is 43.7 Å². The second-order valence-electron chi connectivity index (χ2n) is 6.36. The molecule has 3 aromatic rings. The Hall–Kier alpha value is -2.80. The second-order valence-corrected chi connectivity index (χ2v) is 7.67. The number of anilines is 1. The lowest BCUT2D eigenvalue weighted by Crippen LogP contribution is -2.22. The minimum Gasteiger partial charge on any atom is -0.489 e. The van der Waals surface area contributed by atoms with Crippen molar-refractivity contribution in [1.29, 1.82) is 0 Å². The van der Waals surface area contributed by atoms with Crippen LogP contribution in [0.4, 0.5) is 5.69 Å². The number of thioether (sulfide) groups is 1. The SMILES string of the molecule is CCCc1nc(S[C@H](C)C(=O)Nc2ccc(OCc3ccccc3)cc2)n[nH]1. The topological polar surface area (TPSA) is 79.9 Å². The first-order valence-corrected chi connectivity index (χ1v) is 10.2. The van der Waals surface area contributed by atoms with Crippen LogP contribution in [0.15, 0.2) is 59.8 Å². The highest BCUT2D eigenvalue weighted by molar-refractivity contribution is 8.00. The zero-order valence-electron chi connectivity index (χ0n) is 16.0. The molecule has 0 fully saturated rings. The number of nitrogens with zero attached hydrogens (tertiary/aromatic N) is 2. The van der Waals surface area contributed by atoms with E-state index in [0.717, 1.165) is 35.7 Å². The minimum atomic E-state index is -0.306. The van der Waals surface area contributed by atoms with Gasteiger partial charge < -0.3 is 10.1 Å². The third-order valence-corrected chi connectivity index (χ3v) is 4.98. The molecular weight excluding hydrogens is 372 g/mol. The van der Waals surface area contributed by atoms with E-state index in [2.05, 4.69) is 27.4 Å². The highest BCUT2D eigenvalue weighted by Crippen LogP contribution is 2.22. The predicted molar refractivity (Wildman–Crippen MR) is 112 cm³/mol. The summed E-state index contributed by atoms with van der Waals surface area (Å²) < 4.78 is 5.76. The number of rotatable bonds is 9. The van der Waals surface area contributed by atoms with E-state index in [0.29, 0.717) is 11.8 Å². The average molecular weight is 397 g/mol. The van der Waals surface area contributed by atoms with Gasteiger partial charge in [-0.15, -0.1) is 5.10 Å². The van der Waals surface area contributed by atoms with Crippen LogP contribution in [0.5, 0.6) is 5.75 Å². The number of H-pyrrole nitrogens is 1. The number of aromatic nitrogens is 3. The lowest BCUT2D eigenvalue weighted by atomic mass is 10.2. The van der Waals surface area contributed by atoms with Crippen molar-refractivity contribution in [3.05, 3.63) is 66.0 Å². The van der Waals surface area contributed by atoms with Gasteiger partial charge in [-0.1, -0.05) is 49.0 Å². The third kappa shape index (κ3) is 5.85. The van der Waals surface area contributed by atoms with E-state index in [4.69, 9.17) is 4.74 Å². The Labute approximate surface area is 169 Å². The smallest absolute Gasteiger partial charge is 0.237 e. The molecule has 0 aliphatic carbocycles. The molecule has 0 saturated heterocycles. The fraction of sp³-hybridized carbons (Fsp3) is 0.286. The molecule has 0 aliphatic rings. The van der Waals surface area contributed by atoms with Crippen LogP contribution in [0.25, 0.3) is 0 Å². The van der Waals surface area contributed by atoms with Crippen molar-refractivity contribution in [2.24, 2.45) is 0 Å². The van der Waals surface area contributed by atoms with Gasteiger partial charge in [-0.25, -0.2) is 4.98 Å². The van der Waals surface area contributed by atoms with Crippen molar-refractivity contribution in [3.63, 3.8) is 0 Å². The van der Waals surface area contributed by atoms with Crippen LogP contribution in [-0.4, -0.2) is 26.3 Å². The predicted octanol–water partition coefficient (Wildman–Crippen LogP) is 4.46.